The fourth-order valence-corrected chi connectivity index (χ4v) is 5.05. The molecule has 1 N–H and O–H groups in total. The molecule has 1 saturated heterocycles. The monoisotopic (exact) mass is 460 g/mol. The lowest BCUT2D eigenvalue weighted by Crippen LogP contribution is -2.29. The van der Waals surface area contributed by atoms with Crippen LogP contribution in [0.2, 0.25) is 0 Å². The maximum atomic E-state index is 12.1. The Balaban J connectivity index is 1.34. The summed E-state index contributed by atoms with van der Waals surface area (Å²) in [6.45, 7) is 4.36. The number of nitrogens with one attached hydrogen (secondary N) is 1. The lowest BCUT2D eigenvalue weighted by atomic mass is 9.90. The van der Waals surface area contributed by atoms with E-state index in [9.17, 15) is 4.79 Å². The van der Waals surface area contributed by atoms with Crippen LogP contribution in [-0.2, 0) is 28.9 Å². The highest BCUT2D eigenvalue weighted by atomic mass is 16.5. The molecule has 3 aromatic rings. The highest BCUT2D eigenvalue weighted by Gasteiger charge is 2.26. The van der Waals surface area contributed by atoms with E-state index >= 15 is 0 Å². The molecule has 34 heavy (non-hydrogen) atoms. The van der Waals surface area contributed by atoms with Crippen LogP contribution in [0.15, 0.2) is 42.9 Å². The second-order valence-corrected chi connectivity index (χ2v) is 9.32. The lowest BCUT2D eigenvalue weighted by molar-refractivity contribution is -0.144. The summed E-state index contributed by atoms with van der Waals surface area (Å²) in [5.41, 5.74) is 5.73. The van der Waals surface area contributed by atoms with Crippen LogP contribution in [0, 0.1) is 0 Å². The normalized spacial score (nSPS) is 17.0. The van der Waals surface area contributed by atoms with Crippen molar-refractivity contribution in [1.29, 1.82) is 0 Å². The zero-order chi connectivity index (χ0) is 23.5. The van der Waals surface area contributed by atoms with E-state index in [1.807, 2.05) is 25.5 Å². The van der Waals surface area contributed by atoms with Gasteiger partial charge >= 0.3 is 5.97 Å². The van der Waals surface area contributed by atoms with Crippen LogP contribution in [0.4, 0.5) is 5.95 Å². The third kappa shape index (κ3) is 4.97. The van der Waals surface area contributed by atoms with Crippen molar-refractivity contribution in [3.05, 3.63) is 59.7 Å². The van der Waals surface area contributed by atoms with Gasteiger partial charge in [0, 0.05) is 41.7 Å². The van der Waals surface area contributed by atoms with E-state index in [1.54, 1.807) is 4.68 Å². The molecule has 1 fully saturated rings. The van der Waals surface area contributed by atoms with Crippen molar-refractivity contribution in [3.8, 4) is 11.1 Å². The van der Waals surface area contributed by atoms with Gasteiger partial charge in [0.05, 0.1) is 12.3 Å². The molecule has 0 bridgehead atoms. The van der Waals surface area contributed by atoms with Crippen molar-refractivity contribution < 1.29 is 9.53 Å². The summed E-state index contributed by atoms with van der Waals surface area (Å²) in [6, 6.07) is 8.89. The highest BCUT2D eigenvalue weighted by molar-refractivity contribution is 5.70. The number of fused-ring (bicyclic) bond motifs is 1. The standard InChI is InChI=1S/C26H32N6O2/c1-3-34-24(33)17-32-16-23(25(30-32)18-8-10-31(2)11-9-18)21-14-27-26(28-15-21)29-22-12-19-6-4-5-7-20(19)13-22/h4-7,14-16,18,22H,3,8-13,17H2,1-2H3,(H,27,28,29). The minimum absolute atomic E-state index is 0.107. The molecule has 0 radical (unpaired) electrons. The molecule has 1 aliphatic carbocycles. The molecule has 1 aliphatic heterocycles. The molecule has 8 heteroatoms. The number of likely N-dealkylation sites (tertiary alicyclic amines) is 1. The molecule has 8 nitrogen and oxygen atoms in total. The molecule has 0 spiro atoms. The smallest absolute Gasteiger partial charge is 0.327 e. The van der Waals surface area contributed by atoms with Gasteiger partial charge in [0.2, 0.25) is 5.95 Å². The van der Waals surface area contributed by atoms with Gasteiger partial charge in [-0.05, 0) is 63.9 Å². The first-order chi connectivity index (χ1) is 16.6. The van der Waals surface area contributed by atoms with E-state index in [-0.39, 0.29) is 12.5 Å². The number of hydrogen-bond acceptors (Lipinski definition) is 7. The van der Waals surface area contributed by atoms with Gasteiger partial charge in [-0.1, -0.05) is 24.3 Å². The summed E-state index contributed by atoms with van der Waals surface area (Å²) in [5, 5.41) is 8.30. The summed E-state index contributed by atoms with van der Waals surface area (Å²) >= 11 is 0. The molecule has 2 aromatic heterocycles. The maximum absolute atomic E-state index is 12.1. The number of ether oxygens (including phenoxy) is 1. The third-order valence-corrected chi connectivity index (χ3v) is 6.84. The first-order valence-corrected chi connectivity index (χ1v) is 12.2. The Morgan fingerprint density at radius 1 is 1.12 bits per heavy atom. The number of carbonyl (C=O) groups is 1. The van der Waals surface area contributed by atoms with E-state index < -0.39 is 0 Å². The van der Waals surface area contributed by atoms with Gasteiger partial charge in [-0.25, -0.2) is 9.97 Å². The van der Waals surface area contributed by atoms with Crippen LogP contribution in [0.1, 0.15) is 42.5 Å². The molecule has 5 rings (SSSR count). The van der Waals surface area contributed by atoms with E-state index in [0.717, 1.165) is 55.6 Å². The van der Waals surface area contributed by atoms with E-state index in [2.05, 4.69) is 51.5 Å². The van der Waals surface area contributed by atoms with E-state index in [0.29, 0.717) is 24.5 Å². The van der Waals surface area contributed by atoms with Crippen molar-refractivity contribution in [2.24, 2.45) is 0 Å². The molecule has 0 saturated carbocycles. The average Bonchev–Trinajstić information content (AvgIpc) is 3.44. The summed E-state index contributed by atoms with van der Waals surface area (Å²) in [6.07, 6.45) is 9.73. The fourth-order valence-electron chi connectivity index (χ4n) is 5.05. The molecule has 3 heterocycles. The van der Waals surface area contributed by atoms with Crippen LogP contribution in [0.3, 0.4) is 0 Å². The molecule has 0 atom stereocenters. The summed E-state index contributed by atoms with van der Waals surface area (Å²) in [5.74, 6) is 0.714. The van der Waals surface area contributed by atoms with Gasteiger partial charge < -0.3 is 15.0 Å². The predicted octanol–water partition coefficient (Wildman–Crippen LogP) is 3.29. The molecule has 0 amide bonds. The predicted molar refractivity (Wildman–Crippen MR) is 131 cm³/mol. The zero-order valence-corrected chi connectivity index (χ0v) is 19.9. The van der Waals surface area contributed by atoms with Crippen molar-refractivity contribution in [2.45, 2.75) is 51.1 Å². The third-order valence-electron chi connectivity index (χ3n) is 6.84. The summed E-state index contributed by atoms with van der Waals surface area (Å²) < 4.78 is 6.82. The van der Waals surface area contributed by atoms with Gasteiger partial charge in [-0.3, -0.25) is 9.48 Å². The van der Waals surface area contributed by atoms with Gasteiger partial charge in [0.1, 0.15) is 6.54 Å². The topological polar surface area (TPSA) is 85.2 Å². The average molecular weight is 461 g/mol. The van der Waals surface area contributed by atoms with E-state index in [1.165, 1.54) is 11.1 Å². The van der Waals surface area contributed by atoms with Crippen molar-refractivity contribution in [1.82, 2.24) is 24.6 Å². The van der Waals surface area contributed by atoms with Gasteiger partial charge in [-0.2, -0.15) is 5.10 Å². The number of hydrogen-bond donors (Lipinski definition) is 1. The number of carbonyl (C=O) groups excluding carboxylic acids is 1. The molecular formula is C26H32N6O2. The van der Waals surface area contributed by atoms with Crippen LogP contribution < -0.4 is 5.32 Å². The number of anilines is 1. The number of benzene rings is 1. The number of rotatable bonds is 7. The van der Waals surface area contributed by atoms with Crippen molar-refractivity contribution in [3.63, 3.8) is 0 Å². The van der Waals surface area contributed by atoms with Crippen molar-refractivity contribution in [2.75, 3.05) is 32.1 Å². The van der Waals surface area contributed by atoms with Gasteiger partial charge in [-0.15, -0.1) is 0 Å². The summed E-state index contributed by atoms with van der Waals surface area (Å²) in [7, 11) is 2.15. The highest BCUT2D eigenvalue weighted by Crippen LogP contribution is 2.34. The SMILES string of the molecule is CCOC(=O)Cn1cc(-c2cnc(NC3Cc4ccccc4C3)nc2)c(C2CCN(C)CC2)n1. The van der Waals surface area contributed by atoms with E-state index in [4.69, 9.17) is 9.84 Å². The Morgan fingerprint density at radius 3 is 2.44 bits per heavy atom. The Hall–Kier alpha value is -3.26. The Kier molecular flexibility index (Phi) is 6.58. The van der Waals surface area contributed by atoms with Crippen LogP contribution in [-0.4, -0.2) is 63.4 Å². The second-order valence-electron chi connectivity index (χ2n) is 9.32. The van der Waals surface area contributed by atoms with Crippen LogP contribution in [0.25, 0.3) is 11.1 Å². The zero-order valence-electron chi connectivity index (χ0n) is 19.9. The molecule has 2 aliphatic rings. The number of piperidine rings is 1. The van der Waals surface area contributed by atoms with Gasteiger partial charge in [0.25, 0.3) is 0 Å². The second kappa shape index (κ2) is 9.93. The first-order valence-electron chi connectivity index (χ1n) is 12.2. The maximum Gasteiger partial charge on any atom is 0.327 e. The van der Waals surface area contributed by atoms with Crippen molar-refractivity contribution >= 4 is 11.9 Å². The molecule has 1 aromatic carbocycles. The number of nitrogens with zero attached hydrogens (tertiary/aromatic N) is 5. The molecule has 0 unspecified atom stereocenters. The number of esters is 1. The quantitative estimate of drug-likeness (QED) is 0.542. The molecule has 178 valence electrons. The lowest BCUT2D eigenvalue weighted by Gasteiger charge is -2.28. The van der Waals surface area contributed by atoms with Gasteiger partial charge in [0.15, 0.2) is 0 Å². The first kappa shape index (κ1) is 22.5. The van der Waals surface area contributed by atoms with Crippen LogP contribution >= 0.6 is 0 Å². The fraction of sp³-hybridized carbons (Fsp3) is 0.462. The largest absolute Gasteiger partial charge is 0.465 e. The summed E-state index contributed by atoms with van der Waals surface area (Å²) in [4.78, 5) is 23.6. The Bertz CT molecular complexity index is 1110. The molecular weight excluding hydrogens is 428 g/mol. The minimum Gasteiger partial charge on any atom is -0.465 e. The Labute approximate surface area is 200 Å². The number of aromatic nitrogens is 4. The minimum atomic E-state index is -0.278. The van der Waals surface area contributed by atoms with Crippen LogP contribution in [0.5, 0.6) is 0 Å². The Morgan fingerprint density at radius 2 is 1.79 bits per heavy atom.